The van der Waals surface area contributed by atoms with E-state index in [0.717, 1.165) is 57.8 Å². The smallest absolute Gasteiger partial charge is 0.306 e. The Morgan fingerprint density at radius 3 is 0.645 bits per heavy atom. The number of rotatable bonds is 52. The molecule has 0 aromatic carbocycles. The monoisotopic (exact) mass is 877 g/mol. The number of hydrogen-bond donors (Lipinski definition) is 0. The molecule has 0 aromatic heterocycles. The highest BCUT2D eigenvalue weighted by Crippen LogP contribution is 2.17. The van der Waals surface area contributed by atoms with Gasteiger partial charge < -0.3 is 14.2 Å². The molecule has 0 saturated carbocycles. The first-order chi connectivity index (χ1) is 30.5. The van der Waals surface area contributed by atoms with E-state index >= 15 is 0 Å². The van der Waals surface area contributed by atoms with E-state index in [1.54, 1.807) is 0 Å². The van der Waals surface area contributed by atoms with Gasteiger partial charge in [-0.3, -0.25) is 14.4 Å². The van der Waals surface area contributed by atoms with Crippen LogP contribution in [-0.4, -0.2) is 37.2 Å². The molecule has 0 rings (SSSR count). The van der Waals surface area contributed by atoms with Crippen molar-refractivity contribution >= 4 is 17.9 Å². The quantitative estimate of drug-likeness (QED) is 0.0344. The maximum Gasteiger partial charge on any atom is 0.306 e. The third-order valence-corrected chi connectivity index (χ3v) is 12.9. The van der Waals surface area contributed by atoms with Gasteiger partial charge in [-0.15, -0.1) is 0 Å². The minimum atomic E-state index is -0.760. The predicted molar refractivity (Wildman–Crippen MR) is 266 cm³/mol. The van der Waals surface area contributed by atoms with Crippen molar-refractivity contribution in [1.82, 2.24) is 0 Å². The third kappa shape index (κ3) is 49.4. The van der Waals surface area contributed by atoms with E-state index in [4.69, 9.17) is 14.2 Å². The normalized spacial score (nSPS) is 11.9. The first-order valence-electron chi connectivity index (χ1n) is 28.0. The fourth-order valence-corrected chi connectivity index (χ4v) is 8.62. The lowest BCUT2D eigenvalue weighted by Gasteiger charge is -2.18. The Morgan fingerprint density at radius 2 is 0.435 bits per heavy atom. The van der Waals surface area contributed by atoms with Gasteiger partial charge in [-0.25, -0.2) is 0 Å². The maximum absolute atomic E-state index is 12.8. The first kappa shape index (κ1) is 60.4. The molecule has 0 radical (unpaired) electrons. The Balaban J connectivity index is 4.24. The van der Waals surface area contributed by atoms with Crippen LogP contribution in [0.15, 0.2) is 0 Å². The molecule has 0 aliphatic heterocycles. The van der Waals surface area contributed by atoms with Gasteiger partial charge in [0.25, 0.3) is 0 Å². The largest absolute Gasteiger partial charge is 0.462 e. The lowest BCUT2D eigenvalue weighted by molar-refractivity contribution is -0.167. The molecule has 0 unspecified atom stereocenters. The molecule has 0 saturated heterocycles. The van der Waals surface area contributed by atoms with E-state index in [1.165, 1.54) is 225 Å². The Morgan fingerprint density at radius 1 is 0.258 bits per heavy atom. The summed E-state index contributed by atoms with van der Waals surface area (Å²) in [6.07, 6.45) is 56.6. The fraction of sp³-hybridized carbons (Fsp3) is 0.946. The molecule has 368 valence electrons. The predicted octanol–water partition coefficient (Wildman–Crippen LogP) is 18.4. The minimum absolute atomic E-state index is 0.0614. The Labute approximate surface area is 387 Å². The molecule has 0 amide bonds. The molecule has 0 aliphatic rings. The van der Waals surface area contributed by atoms with Gasteiger partial charge in [0, 0.05) is 19.3 Å². The van der Waals surface area contributed by atoms with Gasteiger partial charge in [-0.2, -0.15) is 0 Å². The van der Waals surface area contributed by atoms with Gasteiger partial charge in [0.2, 0.25) is 0 Å². The van der Waals surface area contributed by atoms with Crippen LogP contribution in [0.25, 0.3) is 0 Å². The summed E-state index contributed by atoms with van der Waals surface area (Å²) in [5.74, 6) is -0.836. The van der Waals surface area contributed by atoms with Crippen LogP contribution in [0.3, 0.4) is 0 Å². The second-order valence-corrected chi connectivity index (χ2v) is 19.2. The fourth-order valence-electron chi connectivity index (χ4n) is 8.62. The zero-order valence-corrected chi connectivity index (χ0v) is 42.2. The molecule has 0 bridgehead atoms. The van der Waals surface area contributed by atoms with Crippen LogP contribution in [0.5, 0.6) is 0 Å². The van der Waals surface area contributed by atoms with Crippen LogP contribution >= 0.6 is 0 Å². The molecule has 0 heterocycles. The average molecular weight is 877 g/mol. The van der Waals surface area contributed by atoms with Crippen molar-refractivity contribution in [3.63, 3.8) is 0 Å². The molecular weight excluding hydrogens is 769 g/mol. The molecule has 6 heteroatoms. The SMILES string of the molecule is CCCCCCCCCCCCCCCCCCCCC(=O)OC[C@H](COC(=O)CCCCCCCCCCCCCCCCC)OC(=O)CCCCCCCCCCCCC. The van der Waals surface area contributed by atoms with E-state index < -0.39 is 6.10 Å². The van der Waals surface area contributed by atoms with Crippen molar-refractivity contribution in [2.75, 3.05) is 13.2 Å². The second-order valence-electron chi connectivity index (χ2n) is 19.2. The highest BCUT2D eigenvalue weighted by molar-refractivity contribution is 5.71. The summed E-state index contributed by atoms with van der Waals surface area (Å²) in [6.45, 7) is 6.69. The Hall–Kier alpha value is -1.59. The summed E-state index contributed by atoms with van der Waals surface area (Å²) in [7, 11) is 0. The molecular formula is C56H108O6. The first-order valence-corrected chi connectivity index (χ1v) is 28.0. The Kier molecular flexibility index (Phi) is 50.7. The number of unbranched alkanes of at least 4 members (excludes halogenated alkanes) is 41. The van der Waals surface area contributed by atoms with Crippen LogP contribution in [-0.2, 0) is 28.6 Å². The topological polar surface area (TPSA) is 78.9 Å². The molecule has 0 spiro atoms. The van der Waals surface area contributed by atoms with Crippen molar-refractivity contribution in [3.8, 4) is 0 Å². The van der Waals surface area contributed by atoms with Gasteiger partial charge >= 0.3 is 17.9 Å². The summed E-state index contributed by atoms with van der Waals surface area (Å²) in [5, 5.41) is 0. The Bertz CT molecular complexity index is 920. The third-order valence-electron chi connectivity index (χ3n) is 12.9. The van der Waals surface area contributed by atoms with Crippen molar-refractivity contribution in [3.05, 3.63) is 0 Å². The maximum atomic E-state index is 12.8. The summed E-state index contributed by atoms with van der Waals surface area (Å²) >= 11 is 0. The number of hydrogen-bond acceptors (Lipinski definition) is 6. The molecule has 1 atom stereocenters. The summed E-state index contributed by atoms with van der Waals surface area (Å²) in [5.41, 5.74) is 0. The zero-order chi connectivity index (χ0) is 45.1. The van der Waals surface area contributed by atoms with Gasteiger partial charge in [0.15, 0.2) is 6.10 Å². The van der Waals surface area contributed by atoms with Crippen molar-refractivity contribution < 1.29 is 28.6 Å². The summed E-state index contributed by atoms with van der Waals surface area (Å²) in [6, 6.07) is 0. The molecule has 0 aliphatic carbocycles. The number of carbonyl (C=O) groups excluding carboxylic acids is 3. The lowest BCUT2D eigenvalue weighted by atomic mass is 10.0. The van der Waals surface area contributed by atoms with Gasteiger partial charge in [-0.1, -0.05) is 284 Å². The van der Waals surface area contributed by atoms with Crippen LogP contribution in [0.4, 0.5) is 0 Å². The zero-order valence-electron chi connectivity index (χ0n) is 42.2. The highest BCUT2D eigenvalue weighted by atomic mass is 16.6. The van der Waals surface area contributed by atoms with Gasteiger partial charge in [0.1, 0.15) is 13.2 Å². The number of ether oxygens (including phenoxy) is 3. The van der Waals surface area contributed by atoms with Crippen LogP contribution in [0.1, 0.15) is 323 Å². The molecule has 0 aromatic rings. The standard InChI is InChI=1S/C56H108O6/c1-4-7-10-13-16-19-22-24-26-27-28-30-32-35-37-40-43-46-49-55(58)61-52-53(62-56(59)50-47-44-41-38-33-21-18-15-12-9-6-3)51-60-54(57)48-45-42-39-36-34-31-29-25-23-20-17-14-11-8-5-2/h53H,4-52H2,1-3H3/t53-/m0/s1. The van der Waals surface area contributed by atoms with Gasteiger partial charge in [0.05, 0.1) is 0 Å². The molecule has 0 N–H and O–H groups in total. The molecule has 62 heavy (non-hydrogen) atoms. The second kappa shape index (κ2) is 52.0. The van der Waals surface area contributed by atoms with E-state index in [2.05, 4.69) is 20.8 Å². The van der Waals surface area contributed by atoms with Crippen molar-refractivity contribution in [1.29, 1.82) is 0 Å². The summed E-state index contributed by atoms with van der Waals surface area (Å²) in [4.78, 5) is 38.0. The lowest BCUT2D eigenvalue weighted by Crippen LogP contribution is -2.30. The van der Waals surface area contributed by atoms with Crippen LogP contribution < -0.4 is 0 Å². The van der Waals surface area contributed by atoms with E-state index in [0.29, 0.717) is 19.3 Å². The number of esters is 3. The number of carbonyl (C=O) groups is 3. The van der Waals surface area contributed by atoms with Crippen molar-refractivity contribution in [2.45, 2.75) is 329 Å². The van der Waals surface area contributed by atoms with E-state index in [-0.39, 0.29) is 31.1 Å². The summed E-state index contributed by atoms with van der Waals surface area (Å²) < 4.78 is 16.8. The van der Waals surface area contributed by atoms with E-state index in [1.807, 2.05) is 0 Å². The molecule has 0 fully saturated rings. The van der Waals surface area contributed by atoms with Crippen LogP contribution in [0.2, 0.25) is 0 Å². The van der Waals surface area contributed by atoms with Crippen LogP contribution in [0, 0.1) is 0 Å². The minimum Gasteiger partial charge on any atom is -0.462 e. The highest BCUT2D eigenvalue weighted by Gasteiger charge is 2.19. The average Bonchev–Trinajstić information content (AvgIpc) is 3.27. The van der Waals surface area contributed by atoms with E-state index in [9.17, 15) is 14.4 Å². The van der Waals surface area contributed by atoms with Gasteiger partial charge in [-0.05, 0) is 19.3 Å². The van der Waals surface area contributed by atoms with Crippen molar-refractivity contribution in [2.24, 2.45) is 0 Å². The molecule has 6 nitrogen and oxygen atoms in total.